The Morgan fingerprint density at radius 3 is 3.00 bits per heavy atom. The molecule has 0 spiro atoms. The van der Waals surface area contributed by atoms with Gasteiger partial charge >= 0.3 is 0 Å². The molecule has 20 heavy (non-hydrogen) atoms. The first kappa shape index (κ1) is 15.6. The van der Waals surface area contributed by atoms with Crippen molar-refractivity contribution in [3.63, 3.8) is 0 Å². The van der Waals surface area contributed by atoms with Gasteiger partial charge < -0.3 is 20.1 Å². The normalized spacial score (nSPS) is 19.6. The Kier molecular flexibility index (Phi) is 5.66. The minimum Gasteiger partial charge on any atom is -0.394 e. The van der Waals surface area contributed by atoms with Crippen molar-refractivity contribution in [1.29, 1.82) is 0 Å². The van der Waals surface area contributed by atoms with Gasteiger partial charge in [0, 0.05) is 19.1 Å². The van der Waals surface area contributed by atoms with E-state index in [9.17, 15) is 5.11 Å². The van der Waals surface area contributed by atoms with Crippen molar-refractivity contribution in [2.45, 2.75) is 32.5 Å². The third kappa shape index (κ3) is 3.64. The highest BCUT2D eigenvalue weighted by molar-refractivity contribution is 6.33. The van der Waals surface area contributed by atoms with E-state index in [0.29, 0.717) is 19.3 Å². The Labute approximate surface area is 125 Å². The first-order valence-corrected chi connectivity index (χ1v) is 7.47. The number of rotatable bonds is 5. The minimum absolute atomic E-state index is 0.0264. The molecule has 4 nitrogen and oxygen atoms in total. The predicted octanol–water partition coefficient (Wildman–Crippen LogP) is 2.04. The van der Waals surface area contributed by atoms with Gasteiger partial charge in [0.15, 0.2) is 0 Å². The Balaban J connectivity index is 2.28. The summed E-state index contributed by atoms with van der Waals surface area (Å²) in [4.78, 5) is 2.17. The molecule has 0 amide bonds. The molecule has 1 aliphatic rings. The number of anilines is 1. The molecule has 112 valence electrons. The zero-order chi connectivity index (χ0) is 14.5. The van der Waals surface area contributed by atoms with Crippen LogP contribution in [-0.2, 0) is 11.3 Å². The number of nitrogens with one attached hydrogen (secondary N) is 1. The Hall–Kier alpha value is -0.810. The highest BCUT2D eigenvalue weighted by Gasteiger charge is 2.26. The van der Waals surface area contributed by atoms with Gasteiger partial charge in [-0.05, 0) is 11.6 Å². The smallest absolute Gasteiger partial charge is 0.0756 e. The van der Waals surface area contributed by atoms with E-state index >= 15 is 0 Å². The Bertz CT molecular complexity index is 440. The van der Waals surface area contributed by atoms with E-state index in [1.54, 1.807) is 0 Å². The molecular weight excluding hydrogens is 276 g/mol. The maximum Gasteiger partial charge on any atom is 0.0756 e. The summed E-state index contributed by atoms with van der Waals surface area (Å²) < 4.78 is 5.44. The monoisotopic (exact) mass is 298 g/mol. The van der Waals surface area contributed by atoms with Crippen LogP contribution < -0.4 is 10.2 Å². The van der Waals surface area contributed by atoms with Crippen molar-refractivity contribution in [3.05, 3.63) is 28.8 Å². The van der Waals surface area contributed by atoms with Crippen LogP contribution >= 0.6 is 11.6 Å². The quantitative estimate of drug-likeness (QED) is 0.873. The molecule has 1 heterocycles. The summed E-state index contributed by atoms with van der Waals surface area (Å²) in [7, 11) is 0. The van der Waals surface area contributed by atoms with Crippen LogP contribution in [0, 0.1) is 0 Å². The van der Waals surface area contributed by atoms with E-state index < -0.39 is 0 Å². The molecule has 1 aromatic rings. The summed E-state index contributed by atoms with van der Waals surface area (Å²) >= 11 is 6.41. The molecule has 0 bridgehead atoms. The van der Waals surface area contributed by atoms with Crippen molar-refractivity contribution in [3.8, 4) is 0 Å². The highest BCUT2D eigenvalue weighted by Crippen LogP contribution is 2.32. The molecule has 0 radical (unpaired) electrons. The van der Waals surface area contributed by atoms with Gasteiger partial charge in [-0.2, -0.15) is 0 Å². The van der Waals surface area contributed by atoms with Gasteiger partial charge in [0.1, 0.15) is 0 Å². The minimum atomic E-state index is -0.0264. The number of aliphatic hydroxyl groups excluding tert-OH is 1. The average Bonchev–Trinajstić information content (AvgIpc) is 2.45. The van der Waals surface area contributed by atoms with E-state index in [1.807, 2.05) is 12.1 Å². The fraction of sp³-hybridized carbons (Fsp3) is 0.600. The number of morpholine rings is 1. The van der Waals surface area contributed by atoms with E-state index in [2.05, 4.69) is 30.1 Å². The third-order valence-corrected chi connectivity index (χ3v) is 3.80. The van der Waals surface area contributed by atoms with Gasteiger partial charge in [-0.1, -0.05) is 37.6 Å². The lowest BCUT2D eigenvalue weighted by Crippen LogP contribution is -2.48. The zero-order valence-corrected chi connectivity index (χ0v) is 12.9. The SMILES string of the molecule is CC(C)NCc1cccc(Cl)c1N1CCOCC1CO. The van der Waals surface area contributed by atoms with E-state index in [0.717, 1.165) is 29.4 Å². The number of ether oxygens (including phenoxy) is 1. The van der Waals surface area contributed by atoms with E-state index in [1.165, 1.54) is 0 Å². The topological polar surface area (TPSA) is 44.7 Å². The molecular formula is C15H23ClN2O2. The summed E-state index contributed by atoms with van der Waals surface area (Å²) in [6.07, 6.45) is 0. The van der Waals surface area contributed by atoms with Crippen molar-refractivity contribution >= 4 is 17.3 Å². The van der Waals surface area contributed by atoms with Crippen LogP contribution in [0.1, 0.15) is 19.4 Å². The molecule has 0 aliphatic carbocycles. The summed E-state index contributed by atoms with van der Waals surface area (Å²) in [5, 5.41) is 13.7. The second kappa shape index (κ2) is 7.27. The summed E-state index contributed by atoms with van der Waals surface area (Å²) in [5.74, 6) is 0. The number of benzene rings is 1. The third-order valence-electron chi connectivity index (χ3n) is 3.50. The van der Waals surface area contributed by atoms with Gasteiger partial charge in [0.05, 0.1) is 36.6 Å². The fourth-order valence-electron chi connectivity index (χ4n) is 2.44. The number of hydrogen-bond acceptors (Lipinski definition) is 4. The maximum absolute atomic E-state index is 9.54. The van der Waals surface area contributed by atoms with Crippen LogP contribution in [0.3, 0.4) is 0 Å². The molecule has 1 fully saturated rings. The van der Waals surface area contributed by atoms with Gasteiger partial charge in [-0.15, -0.1) is 0 Å². The molecule has 5 heteroatoms. The maximum atomic E-state index is 9.54. The van der Waals surface area contributed by atoms with E-state index in [4.69, 9.17) is 16.3 Å². The van der Waals surface area contributed by atoms with Crippen LogP contribution in [0.4, 0.5) is 5.69 Å². The van der Waals surface area contributed by atoms with Gasteiger partial charge in [0.2, 0.25) is 0 Å². The fourth-order valence-corrected chi connectivity index (χ4v) is 2.74. The summed E-state index contributed by atoms with van der Waals surface area (Å²) in [6, 6.07) is 6.35. The lowest BCUT2D eigenvalue weighted by Gasteiger charge is -2.38. The number of para-hydroxylation sites is 1. The molecule has 1 aromatic carbocycles. The molecule has 1 atom stereocenters. The number of nitrogens with zero attached hydrogens (tertiary/aromatic N) is 1. The van der Waals surface area contributed by atoms with Crippen molar-refractivity contribution in [2.24, 2.45) is 0 Å². The van der Waals surface area contributed by atoms with Gasteiger partial charge in [-0.25, -0.2) is 0 Å². The first-order valence-electron chi connectivity index (χ1n) is 7.09. The summed E-state index contributed by atoms with van der Waals surface area (Å²) in [5.41, 5.74) is 2.18. The standard InChI is InChI=1S/C15H23ClN2O2/c1-11(2)17-8-12-4-3-5-14(16)15(12)18-6-7-20-10-13(18)9-19/h3-5,11,13,17,19H,6-10H2,1-2H3. The van der Waals surface area contributed by atoms with Crippen LogP contribution in [0.2, 0.25) is 5.02 Å². The number of hydrogen-bond donors (Lipinski definition) is 2. The van der Waals surface area contributed by atoms with Crippen LogP contribution in [0.15, 0.2) is 18.2 Å². The molecule has 1 unspecified atom stereocenters. The van der Waals surface area contributed by atoms with Gasteiger partial charge in [0.25, 0.3) is 0 Å². The Morgan fingerprint density at radius 1 is 1.50 bits per heavy atom. The molecule has 0 saturated carbocycles. The van der Waals surface area contributed by atoms with Crippen molar-refractivity contribution < 1.29 is 9.84 Å². The lowest BCUT2D eigenvalue weighted by atomic mass is 10.1. The summed E-state index contributed by atoms with van der Waals surface area (Å²) in [6.45, 7) is 7.04. The van der Waals surface area contributed by atoms with E-state index in [-0.39, 0.29) is 12.6 Å². The largest absolute Gasteiger partial charge is 0.394 e. The molecule has 2 N–H and O–H groups in total. The molecule has 0 aromatic heterocycles. The molecule has 1 aliphatic heterocycles. The van der Waals surface area contributed by atoms with Gasteiger partial charge in [-0.3, -0.25) is 0 Å². The zero-order valence-electron chi connectivity index (χ0n) is 12.1. The number of aliphatic hydroxyl groups is 1. The predicted molar refractivity (Wildman–Crippen MR) is 82.5 cm³/mol. The second-order valence-corrected chi connectivity index (χ2v) is 5.80. The van der Waals surface area contributed by atoms with Crippen molar-refractivity contribution in [2.75, 3.05) is 31.3 Å². The highest BCUT2D eigenvalue weighted by atomic mass is 35.5. The molecule has 2 rings (SSSR count). The number of halogens is 1. The first-order chi connectivity index (χ1) is 9.63. The van der Waals surface area contributed by atoms with Crippen LogP contribution in [0.5, 0.6) is 0 Å². The van der Waals surface area contributed by atoms with Crippen LogP contribution in [0.25, 0.3) is 0 Å². The molecule has 1 saturated heterocycles. The Morgan fingerprint density at radius 2 is 2.30 bits per heavy atom. The van der Waals surface area contributed by atoms with Crippen molar-refractivity contribution in [1.82, 2.24) is 5.32 Å². The second-order valence-electron chi connectivity index (χ2n) is 5.39. The lowest BCUT2D eigenvalue weighted by molar-refractivity contribution is 0.0726. The average molecular weight is 299 g/mol. The van der Waals surface area contributed by atoms with Crippen LogP contribution in [-0.4, -0.2) is 43.6 Å².